The van der Waals surface area contributed by atoms with Gasteiger partial charge in [-0.1, -0.05) is 33.8 Å². The first kappa shape index (κ1) is 14.1. The van der Waals surface area contributed by atoms with E-state index in [1.165, 1.54) is 18.2 Å². The minimum atomic E-state index is -0.113. The molecular weight excluding hydrogens is 238 g/mol. The summed E-state index contributed by atoms with van der Waals surface area (Å²) < 4.78 is 4.83. The Morgan fingerprint density at radius 1 is 1.21 bits per heavy atom. The predicted molar refractivity (Wildman–Crippen MR) is 77.6 cm³/mol. The number of carbonyl (C=O) groups is 1. The van der Waals surface area contributed by atoms with Crippen molar-refractivity contribution in [3.8, 4) is 0 Å². The maximum atomic E-state index is 11.6. The largest absolute Gasteiger partial charge is 0.375 e. The summed E-state index contributed by atoms with van der Waals surface area (Å²) in [5.74, 6) is -0.113. The SMILES string of the molecule is COCC(=O)Nc1ccc2c(c1)C(C)(C)CC2(C)C. The molecule has 2 rings (SSSR count). The second kappa shape index (κ2) is 4.64. The van der Waals surface area contributed by atoms with E-state index in [2.05, 4.69) is 45.1 Å². The normalized spacial score (nSPS) is 19.0. The number of hydrogen-bond acceptors (Lipinski definition) is 2. The summed E-state index contributed by atoms with van der Waals surface area (Å²) in [7, 11) is 1.52. The van der Waals surface area contributed by atoms with Crippen LogP contribution in [0.5, 0.6) is 0 Å². The molecule has 0 atom stereocenters. The number of rotatable bonds is 3. The van der Waals surface area contributed by atoms with Crippen LogP contribution in [0.1, 0.15) is 45.2 Å². The summed E-state index contributed by atoms with van der Waals surface area (Å²) in [6.45, 7) is 9.18. The molecular formula is C16H23NO2. The fraction of sp³-hybridized carbons (Fsp3) is 0.562. The first-order chi connectivity index (χ1) is 8.76. The molecule has 0 radical (unpaired) electrons. The van der Waals surface area contributed by atoms with Crippen LogP contribution in [0.3, 0.4) is 0 Å². The van der Waals surface area contributed by atoms with Crippen LogP contribution in [-0.4, -0.2) is 19.6 Å². The lowest BCUT2D eigenvalue weighted by Crippen LogP contribution is -2.18. The number of benzene rings is 1. The average molecular weight is 261 g/mol. The van der Waals surface area contributed by atoms with E-state index in [1.54, 1.807) is 0 Å². The van der Waals surface area contributed by atoms with Gasteiger partial charge in [0.05, 0.1) is 0 Å². The molecule has 0 saturated carbocycles. The third-order valence-corrected chi connectivity index (χ3v) is 3.92. The second-order valence-corrected chi connectivity index (χ2v) is 6.69. The Bertz CT molecular complexity index is 503. The van der Waals surface area contributed by atoms with Gasteiger partial charge in [-0.2, -0.15) is 0 Å². The molecule has 0 aliphatic heterocycles. The summed E-state index contributed by atoms with van der Waals surface area (Å²) in [6.07, 6.45) is 1.13. The van der Waals surface area contributed by atoms with E-state index in [4.69, 9.17) is 4.74 Å². The van der Waals surface area contributed by atoms with Gasteiger partial charge in [0.15, 0.2) is 0 Å². The van der Waals surface area contributed by atoms with E-state index < -0.39 is 0 Å². The zero-order chi connectivity index (χ0) is 14.3. The lowest BCUT2D eigenvalue weighted by atomic mass is 9.82. The molecule has 1 aliphatic rings. The lowest BCUT2D eigenvalue weighted by molar-refractivity contribution is -0.119. The van der Waals surface area contributed by atoms with Crippen LogP contribution >= 0.6 is 0 Å². The molecule has 1 amide bonds. The Morgan fingerprint density at radius 3 is 2.47 bits per heavy atom. The molecule has 3 heteroatoms. The van der Waals surface area contributed by atoms with Crippen molar-refractivity contribution in [3.63, 3.8) is 0 Å². The van der Waals surface area contributed by atoms with E-state index in [0.717, 1.165) is 12.1 Å². The third kappa shape index (κ3) is 2.66. The fourth-order valence-corrected chi connectivity index (χ4v) is 3.40. The van der Waals surface area contributed by atoms with Crippen LogP contribution in [0.15, 0.2) is 18.2 Å². The first-order valence-corrected chi connectivity index (χ1v) is 6.70. The highest BCUT2D eigenvalue weighted by Gasteiger charge is 2.41. The Balaban J connectivity index is 2.32. The van der Waals surface area contributed by atoms with Crippen molar-refractivity contribution >= 4 is 11.6 Å². The summed E-state index contributed by atoms with van der Waals surface area (Å²) in [4.78, 5) is 11.6. The quantitative estimate of drug-likeness (QED) is 0.907. The van der Waals surface area contributed by atoms with Crippen LogP contribution in [0.2, 0.25) is 0 Å². The monoisotopic (exact) mass is 261 g/mol. The summed E-state index contributed by atoms with van der Waals surface area (Å²) >= 11 is 0. The lowest BCUT2D eigenvalue weighted by Gasteiger charge is -2.22. The Labute approximate surface area is 115 Å². The molecule has 0 bridgehead atoms. The molecule has 0 heterocycles. The highest BCUT2D eigenvalue weighted by atomic mass is 16.5. The van der Waals surface area contributed by atoms with E-state index in [0.29, 0.717) is 0 Å². The number of amides is 1. The van der Waals surface area contributed by atoms with Crippen molar-refractivity contribution in [2.24, 2.45) is 0 Å². The highest BCUT2D eigenvalue weighted by molar-refractivity contribution is 5.91. The number of fused-ring (bicyclic) bond motifs is 1. The maximum Gasteiger partial charge on any atom is 0.250 e. The minimum absolute atomic E-state index is 0.0893. The predicted octanol–water partition coefficient (Wildman–Crippen LogP) is 3.23. The molecule has 1 aliphatic carbocycles. The van der Waals surface area contributed by atoms with Gasteiger partial charge in [-0.15, -0.1) is 0 Å². The van der Waals surface area contributed by atoms with E-state index in [9.17, 15) is 4.79 Å². The molecule has 0 unspecified atom stereocenters. The van der Waals surface area contributed by atoms with Gasteiger partial charge in [0, 0.05) is 12.8 Å². The molecule has 3 nitrogen and oxygen atoms in total. The first-order valence-electron chi connectivity index (χ1n) is 6.70. The molecule has 0 fully saturated rings. The van der Waals surface area contributed by atoms with Gasteiger partial charge < -0.3 is 10.1 Å². The molecule has 0 saturated heterocycles. The van der Waals surface area contributed by atoms with Crippen LogP contribution in [0.4, 0.5) is 5.69 Å². The molecule has 0 spiro atoms. The van der Waals surface area contributed by atoms with Gasteiger partial charge in [0.2, 0.25) is 5.91 Å². The average Bonchev–Trinajstić information content (AvgIpc) is 2.45. The summed E-state index contributed by atoms with van der Waals surface area (Å²) in [6, 6.07) is 6.24. The van der Waals surface area contributed by atoms with E-state index in [-0.39, 0.29) is 23.3 Å². The molecule has 19 heavy (non-hydrogen) atoms. The van der Waals surface area contributed by atoms with Crippen LogP contribution in [0, 0.1) is 0 Å². The molecule has 1 aromatic rings. The van der Waals surface area contributed by atoms with E-state index in [1.807, 2.05) is 6.07 Å². The van der Waals surface area contributed by atoms with Crippen molar-refractivity contribution in [2.75, 3.05) is 19.0 Å². The topological polar surface area (TPSA) is 38.3 Å². The van der Waals surface area contributed by atoms with E-state index >= 15 is 0 Å². The fourth-order valence-electron chi connectivity index (χ4n) is 3.40. The van der Waals surface area contributed by atoms with Gasteiger partial charge in [0.25, 0.3) is 0 Å². The Hall–Kier alpha value is -1.35. The summed E-state index contributed by atoms with van der Waals surface area (Å²) in [5.41, 5.74) is 3.94. The minimum Gasteiger partial charge on any atom is -0.375 e. The van der Waals surface area contributed by atoms with Gasteiger partial charge in [-0.3, -0.25) is 4.79 Å². The zero-order valence-electron chi connectivity index (χ0n) is 12.5. The second-order valence-electron chi connectivity index (χ2n) is 6.69. The summed E-state index contributed by atoms with van der Waals surface area (Å²) in [5, 5.41) is 2.87. The van der Waals surface area contributed by atoms with Crippen LogP contribution < -0.4 is 5.32 Å². The number of hydrogen-bond donors (Lipinski definition) is 1. The van der Waals surface area contributed by atoms with Crippen molar-refractivity contribution in [2.45, 2.75) is 44.9 Å². The van der Waals surface area contributed by atoms with Gasteiger partial charge >= 0.3 is 0 Å². The van der Waals surface area contributed by atoms with Crippen molar-refractivity contribution in [1.82, 2.24) is 0 Å². The number of nitrogens with one attached hydrogen (secondary N) is 1. The zero-order valence-corrected chi connectivity index (χ0v) is 12.5. The number of methoxy groups -OCH3 is 1. The molecule has 104 valence electrons. The smallest absolute Gasteiger partial charge is 0.250 e. The molecule has 1 aromatic carbocycles. The number of carbonyl (C=O) groups excluding carboxylic acids is 1. The Kier molecular flexibility index (Phi) is 3.43. The van der Waals surface area contributed by atoms with Crippen LogP contribution in [-0.2, 0) is 20.4 Å². The van der Waals surface area contributed by atoms with Crippen molar-refractivity contribution < 1.29 is 9.53 Å². The third-order valence-electron chi connectivity index (χ3n) is 3.92. The van der Waals surface area contributed by atoms with Crippen molar-refractivity contribution in [1.29, 1.82) is 0 Å². The Morgan fingerprint density at radius 2 is 1.84 bits per heavy atom. The van der Waals surface area contributed by atoms with Crippen LogP contribution in [0.25, 0.3) is 0 Å². The molecule has 1 N–H and O–H groups in total. The standard InChI is InChI=1S/C16H23NO2/c1-15(2)10-16(3,4)13-8-11(6-7-12(13)15)17-14(18)9-19-5/h6-8H,9-10H2,1-5H3,(H,17,18). The number of ether oxygens (including phenoxy) is 1. The number of anilines is 1. The maximum absolute atomic E-state index is 11.6. The van der Waals surface area contributed by atoms with Gasteiger partial charge in [0.1, 0.15) is 6.61 Å². The van der Waals surface area contributed by atoms with Gasteiger partial charge in [-0.05, 0) is 40.5 Å². The van der Waals surface area contributed by atoms with Crippen molar-refractivity contribution in [3.05, 3.63) is 29.3 Å². The van der Waals surface area contributed by atoms with Gasteiger partial charge in [-0.25, -0.2) is 0 Å². The highest BCUT2D eigenvalue weighted by Crippen LogP contribution is 2.49. The molecule has 0 aromatic heterocycles.